The average Bonchev–Trinajstić information content (AvgIpc) is 3.29. The van der Waals surface area contributed by atoms with E-state index in [1.165, 1.54) is 0 Å². The molecule has 1 aliphatic rings. The molecule has 132 valence electrons. The van der Waals surface area contributed by atoms with Gasteiger partial charge in [0.1, 0.15) is 5.69 Å². The standard InChI is InChI=1S/C21H21N3O2/c1-15-7-5-6-10-18(15)20-19(21(26)23-12-11-17(25)13-23)14-24(22-20)16-8-3-2-4-9-16/h2-10,14,17,25H,11-13H2,1H3/t17-/m1/s1. The van der Waals surface area contributed by atoms with Gasteiger partial charge in [0.15, 0.2) is 0 Å². The fourth-order valence-electron chi connectivity index (χ4n) is 3.38. The summed E-state index contributed by atoms with van der Waals surface area (Å²) in [4.78, 5) is 14.8. The molecule has 0 saturated carbocycles. The Balaban J connectivity index is 1.82. The van der Waals surface area contributed by atoms with Crippen LogP contribution in [0, 0.1) is 6.92 Å². The molecule has 0 spiro atoms. The first-order valence-corrected chi connectivity index (χ1v) is 8.82. The minimum atomic E-state index is -0.440. The quantitative estimate of drug-likeness (QED) is 0.792. The van der Waals surface area contributed by atoms with Gasteiger partial charge in [-0.3, -0.25) is 4.79 Å². The van der Waals surface area contributed by atoms with Crippen LogP contribution in [-0.4, -0.2) is 44.9 Å². The molecule has 3 aromatic rings. The molecule has 1 atom stereocenters. The predicted octanol–water partition coefficient (Wildman–Crippen LogP) is 3.05. The minimum absolute atomic E-state index is 0.0815. The molecule has 5 heteroatoms. The van der Waals surface area contributed by atoms with Gasteiger partial charge < -0.3 is 10.0 Å². The summed E-state index contributed by atoms with van der Waals surface area (Å²) < 4.78 is 1.75. The molecular weight excluding hydrogens is 326 g/mol. The zero-order valence-corrected chi connectivity index (χ0v) is 14.7. The van der Waals surface area contributed by atoms with Gasteiger partial charge in [0.25, 0.3) is 5.91 Å². The smallest absolute Gasteiger partial charge is 0.257 e. The Labute approximate surface area is 152 Å². The Morgan fingerprint density at radius 3 is 2.54 bits per heavy atom. The van der Waals surface area contributed by atoms with Gasteiger partial charge in [-0.15, -0.1) is 0 Å². The van der Waals surface area contributed by atoms with Gasteiger partial charge in [-0.2, -0.15) is 5.10 Å². The first kappa shape index (κ1) is 16.5. The second-order valence-electron chi connectivity index (χ2n) is 6.68. The summed E-state index contributed by atoms with van der Waals surface area (Å²) in [5.41, 5.74) is 4.17. The maximum atomic E-state index is 13.1. The molecule has 1 aromatic heterocycles. The number of amides is 1. The van der Waals surface area contributed by atoms with Crippen LogP contribution in [-0.2, 0) is 0 Å². The highest BCUT2D eigenvalue weighted by molar-refractivity contribution is 6.00. The number of aliphatic hydroxyl groups excluding tert-OH is 1. The predicted molar refractivity (Wildman–Crippen MR) is 100 cm³/mol. The number of benzene rings is 2. The zero-order chi connectivity index (χ0) is 18.1. The summed E-state index contributed by atoms with van der Waals surface area (Å²) in [6.07, 6.45) is 1.98. The van der Waals surface area contributed by atoms with Crippen LogP contribution < -0.4 is 0 Å². The van der Waals surface area contributed by atoms with Crippen LogP contribution in [0.25, 0.3) is 16.9 Å². The van der Waals surface area contributed by atoms with Crippen molar-refractivity contribution < 1.29 is 9.90 Å². The first-order chi connectivity index (χ1) is 12.6. The molecule has 2 aromatic carbocycles. The lowest BCUT2D eigenvalue weighted by Gasteiger charge is -2.15. The first-order valence-electron chi connectivity index (χ1n) is 8.82. The molecule has 1 fully saturated rings. The molecule has 1 aliphatic heterocycles. The van der Waals surface area contributed by atoms with Crippen molar-refractivity contribution in [2.24, 2.45) is 0 Å². The summed E-state index contributed by atoms with van der Waals surface area (Å²) in [6, 6.07) is 17.7. The van der Waals surface area contributed by atoms with E-state index in [1.54, 1.807) is 15.8 Å². The van der Waals surface area contributed by atoms with E-state index in [-0.39, 0.29) is 5.91 Å². The van der Waals surface area contributed by atoms with Crippen LogP contribution in [0.1, 0.15) is 22.3 Å². The molecule has 0 unspecified atom stereocenters. The molecule has 26 heavy (non-hydrogen) atoms. The van der Waals surface area contributed by atoms with Crippen LogP contribution in [0.4, 0.5) is 0 Å². The van der Waals surface area contributed by atoms with Gasteiger partial charge in [0, 0.05) is 24.8 Å². The Hall–Kier alpha value is -2.92. The number of aromatic nitrogens is 2. The van der Waals surface area contributed by atoms with Crippen molar-refractivity contribution in [2.45, 2.75) is 19.4 Å². The van der Waals surface area contributed by atoms with E-state index >= 15 is 0 Å². The highest BCUT2D eigenvalue weighted by Crippen LogP contribution is 2.28. The fourth-order valence-corrected chi connectivity index (χ4v) is 3.38. The van der Waals surface area contributed by atoms with E-state index in [9.17, 15) is 9.90 Å². The zero-order valence-electron chi connectivity index (χ0n) is 14.7. The highest BCUT2D eigenvalue weighted by atomic mass is 16.3. The molecule has 1 saturated heterocycles. The summed E-state index contributed by atoms with van der Waals surface area (Å²) in [5, 5.41) is 14.5. The van der Waals surface area contributed by atoms with Crippen molar-refractivity contribution in [3.8, 4) is 16.9 Å². The van der Waals surface area contributed by atoms with Crippen molar-refractivity contribution >= 4 is 5.91 Å². The topological polar surface area (TPSA) is 58.4 Å². The molecule has 0 aliphatic carbocycles. The highest BCUT2D eigenvalue weighted by Gasteiger charge is 2.29. The van der Waals surface area contributed by atoms with Crippen molar-refractivity contribution in [3.63, 3.8) is 0 Å². The van der Waals surface area contributed by atoms with E-state index in [0.717, 1.165) is 16.8 Å². The second kappa shape index (κ2) is 6.77. The Bertz CT molecular complexity index is 933. The van der Waals surface area contributed by atoms with Gasteiger partial charge in [-0.25, -0.2) is 4.68 Å². The van der Waals surface area contributed by atoms with Crippen molar-refractivity contribution in [1.82, 2.24) is 14.7 Å². The third kappa shape index (κ3) is 3.02. The van der Waals surface area contributed by atoms with Crippen LogP contribution in [0.2, 0.25) is 0 Å². The average molecular weight is 347 g/mol. The lowest BCUT2D eigenvalue weighted by molar-refractivity contribution is 0.0765. The number of nitrogens with zero attached hydrogens (tertiary/aromatic N) is 3. The summed E-state index contributed by atoms with van der Waals surface area (Å²) in [6.45, 7) is 2.97. The SMILES string of the molecule is Cc1ccccc1-c1nn(-c2ccccc2)cc1C(=O)N1CC[C@@H](O)C1. The number of aliphatic hydroxyl groups is 1. The van der Waals surface area contributed by atoms with Crippen LogP contribution >= 0.6 is 0 Å². The third-order valence-electron chi connectivity index (χ3n) is 4.82. The number of β-amino-alcohol motifs (C(OH)–C–C–N with tert-alkyl or cyclic N) is 1. The Morgan fingerprint density at radius 1 is 1.12 bits per heavy atom. The lowest BCUT2D eigenvalue weighted by Crippen LogP contribution is -2.29. The molecular formula is C21H21N3O2. The Morgan fingerprint density at radius 2 is 1.85 bits per heavy atom. The number of rotatable bonds is 3. The number of hydrogen-bond acceptors (Lipinski definition) is 3. The lowest BCUT2D eigenvalue weighted by atomic mass is 10.0. The van der Waals surface area contributed by atoms with Gasteiger partial charge >= 0.3 is 0 Å². The number of likely N-dealkylation sites (tertiary alicyclic amines) is 1. The maximum Gasteiger partial charge on any atom is 0.257 e. The van der Waals surface area contributed by atoms with Crippen LogP contribution in [0.15, 0.2) is 60.8 Å². The van der Waals surface area contributed by atoms with Gasteiger partial charge in [0.2, 0.25) is 0 Å². The molecule has 1 N–H and O–H groups in total. The van der Waals surface area contributed by atoms with Crippen molar-refractivity contribution in [1.29, 1.82) is 0 Å². The second-order valence-corrected chi connectivity index (χ2v) is 6.68. The number of aryl methyl sites for hydroxylation is 1. The fraction of sp³-hybridized carbons (Fsp3) is 0.238. The maximum absolute atomic E-state index is 13.1. The molecule has 0 radical (unpaired) electrons. The molecule has 0 bridgehead atoms. The van der Waals surface area contributed by atoms with Crippen LogP contribution in [0.5, 0.6) is 0 Å². The number of hydrogen-bond donors (Lipinski definition) is 1. The van der Waals surface area contributed by atoms with Crippen molar-refractivity contribution in [3.05, 3.63) is 71.9 Å². The molecule has 1 amide bonds. The van der Waals surface area contributed by atoms with Crippen molar-refractivity contribution in [2.75, 3.05) is 13.1 Å². The number of carbonyl (C=O) groups excluding carboxylic acids is 1. The van der Waals surface area contributed by atoms with Gasteiger partial charge in [-0.05, 0) is 31.0 Å². The minimum Gasteiger partial charge on any atom is -0.391 e. The summed E-state index contributed by atoms with van der Waals surface area (Å²) in [7, 11) is 0. The third-order valence-corrected chi connectivity index (χ3v) is 4.82. The monoisotopic (exact) mass is 347 g/mol. The molecule has 5 nitrogen and oxygen atoms in total. The summed E-state index contributed by atoms with van der Waals surface area (Å²) in [5.74, 6) is -0.0815. The van der Waals surface area contributed by atoms with E-state index in [4.69, 9.17) is 5.10 Å². The van der Waals surface area contributed by atoms with E-state index in [2.05, 4.69) is 0 Å². The molecule has 4 rings (SSSR count). The number of para-hydroxylation sites is 1. The van der Waals surface area contributed by atoms with Gasteiger partial charge in [0.05, 0.1) is 17.4 Å². The van der Waals surface area contributed by atoms with E-state index in [1.807, 2.05) is 61.5 Å². The largest absolute Gasteiger partial charge is 0.391 e. The summed E-state index contributed by atoms with van der Waals surface area (Å²) >= 11 is 0. The van der Waals surface area contributed by atoms with Crippen LogP contribution in [0.3, 0.4) is 0 Å². The van der Waals surface area contributed by atoms with E-state index in [0.29, 0.717) is 30.8 Å². The normalized spacial score (nSPS) is 16.8. The van der Waals surface area contributed by atoms with E-state index < -0.39 is 6.10 Å². The number of carbonyl (C=O) groups is 1. The molecule has 2 heterocycles. The Kier molecular flexibility index (Phi) is 4.31. The van der Waals surface area contributed by atoms with Gasteiger partial charge in [-0.1, -0.05) is 42.5 Å².